The number of benzene rings is 1. The quantitative estimate of drug-likeness (QED) is 0.293. The minimum atomic E-state index is -0.0612. The Morgan fingerprint density at radius 3 is 2.77 bits per heavy atom. The topological polar surface area (TPSA) is 67.8 Å². The summed E-state index contributed by atoms with van der Waals surface area (Å²) >= 11 is 5.79. The number of para-hydroxylation sites is 2. The third kappa shape index (κ3) is 5.91. The number of aliphatic imine (C=N–C) groups is 1. The van der Waals surface area contributed by atoms with Crippen molar-refractivity contribution in [3.05, 3.63) is 53.3 Å². The minimum Gasteiger partial charge on any atom is -0.486 e. The van der Waals surface area contributed by atoms with Crippen molar-refractivity contribution in [1.82, 2.24) is 15.6 Å². The second kappa shape index (κ2) is 10.4. The van der Waals surface area contributed by atoms with Gasteiger partial charge in [-0.1, -0.05) is 29.8 Å². The summed E-state index contributed by atoms with van der Waals surface area (Å²) in [6, 6.07) is 11.5. The van der Waals surface area contributed by atoms with Crippen LogP contribution in [-0.4, -0.2) is 43.8 Å². The third-order valence-corrected chi connectivity index (χ3v) is 4.01. The fourth-order valence-corrected chi connectivity index (χ4v) is 2.59. The van der Waals surface area contributed by atoms with Crippen molar-refractivity contribution < 1.29 is 9.47 Å². The zero-order valence-electron chi connectivity index (χ0n) is 14.4. The average molecular weight is 489 g/mol. The number of pyridine rings is 1. The number of nitrogens with one attached hydrogen (secondary N) is 2. The van der Waals surface area contributed by atoms with Crippen molar-refractivity contribution in [3.63, 3.8) is 0 Å². The Morgan fingerprint density at radius 2 is 2.04 bits per heavy atom. The van der Waals surface area contributed by atoms with Crippen LogP contribution in [0.5, 0.6) is 11.5 Å². The molecule has 1 aromatic heterocycles. The lowest BCUT2D eigenvalue weighted by molar-refractivity contribution is 0.0936. The van der Waals surface area contributed by atoms with Gasteiger partial charge in [-0.25, -0.2) is 4.98 Å². The predicted octanol–water partition coefficient (Wildman–Crippen LogP) is 2.90. The van der Waals surface area contributed by atoms with E-state index < -0.39 is 0 Å². The highest BCUT2D eigenvalue weighted by atomic mass is 127. The van der Waals surface area contributed by atoms with Crippen LogP contribution in [-0.2, 0) is 6.42 Å². The van der Waals surface area contributed by atoms with Gasteiger partial charge in [0.25, 0.3) is 0 Å². The van der Waals surface area contributed by atoms with Gasteiger partial charge in [0.05, 0.1) is 6.54 Å². The van der Waals surface area contributed by atoms with Crippen LogP contribution in [0.3, 0.4) is 0 Å². The second-order valence-corrected chi connectivity index (χ2v) is 6.00. The number of aromatic nitrogens is 1. The maximum absolute atomic E-state index is 5.92. The van der Waals surface area contributed by atoms with E-state index in [9.17, 15) is 0 Å². The van der Waals surface area contributed by atoms with Gasteiger partial charge in [0.2, 0.25) is 0 Å². The molecule has 0 bridgehead atoms. The van der Waals surface area contributed by atoms with Crippen molar-refractivity contribution >= 4 is 41.5 Å². The predicted molar refractivity (Wildman–Crippen MR) is 114 cm³/mol. The molecule has 2 heterocycles. The summed E-state index contributed by atoms with van der Waals surface area (Å²) in [5.41, 5.74) is 1.12. The van der Waals surface area contributed by atoms with E-state index in [4.69, 9.17) is 21.1 Å². The highest BCUT2D eigenvalue weighted by molar-refractivity contribution is 14.0. The summed E-state index contributed by atoms with van der Waals surface area (Å²) in [5.74, 6) is 2.29. The number of fused-ring (bicyclic) bond motifs is 1. The third-order valence-electron chi connectivity index (χ3n) is 3.78. The molecule has 0 amide bonds. The van der Waals surface area contributed by atoms with Crippen molar-refractivity contribution in [2.45, 2.75) is 12.5 Å². The Kier molecular flexibility index (Phi) is 8.24. The largest absolute Gasteiger partial charge is 0.486 e. The van der Waals surface area contributed by atoms with E-state index in [0.29, 0.717) is 18.3 Å². The Morgan fingerprint density at radius 1 is 1.23 bits per heavy atom. The Balaban J connectivity index is 0.00000243. The highest BCUT2D eigenvalue weighted by Gasteiger charge is 2.20. The molecule has 3 rings (SSSR count). The van der Waals surface area contributed by atoms with Crippen LogP contribution in [0.1, 0.15) is 5.56 Å². The van der Waals surface area contributed by atoms with Gasteiger partial charge in [0.1, 0.15) is 17.9 Å². The maximum Gasteiger partial charge on any atom is 0.191 e. The van der Waals surface area contributed by atoms with Gasteiger partial charge in [-0.15, -0.1) is 24.0 Å². The zero-order chi connectivity index (χ0) is 17.5. The van der Waals surface area contributed by atoms with Crippen molar-refractivity contribution in [1.29, 1.82) is 0 Å². The molecule has 26 heavy (non-hydrogen) atoms. The molecular weight excluding hydrogens is 467 g/mol. The number of rotatable bonds is 5. The van der Waals surface area contributed by atoms with Crippen molar-refractivity contribution in [3.8, 4) is 11.5 Å². The molecule has 6 nitrogen and oxygen atoms in total. The molecule has 1 aromatic carbocycles. The van der Waals surface area contributed by atoms with Crippen LogP contribution in [0, 0.1) is 0 Å². The fourth-order valence-electron chi connectivity index (χ4n) is 2.47. The molecule has 2 aromatic rings. The van der Waals surface area contributed by atoms with Gasteiger partial charge in [0, 0.05) is 19.8 Å². The molecule has 1 aliphatic rings. The molecule has 8 heteroatoms. The summed E-state index contributed by atoms with van der Waals surface area (Å²) < 4.78 is 11.6. The van der Waals surface area contributed by atoms with E-state index in [1.165, 1.54) is 0 Å². The second-order valence-electron chi connectivity index (χ2n) is 5.62. The lowest BCUT2D eigenvalue weighted by atomic mass is 10.2. The first kappa shape index (κ1) is 20.6. The smallest absolute Gasteiger partial charge is 0.191 e. The summed E-state index contributed by atoms with van der Waals surface area (Å²) in [6.45, 7) is 1.86. The lowest BCUT2D eigenvalue weighted by Crippen LogP contribution is -2.45. The summed E-state index contributed by atoms with van der Waals surface area (Å²) in [7, 11) is 1.74. The van der Waals surface area contributed by atoms with Gasteiger partial charge < -0.3 is 20.1 Å². The van der Waals surface area contributed by atoms with E-state index >= 15 is 0 Å². The molecule has 0 aliphatic carbocycles. The van der Waals surface area contributed by atoms with E-state index in [2.05, 4.69) is 20.6 Å². The molecule has 2 N–H and O–H groups in total. The van der Waals surface area contributed by atoms with Crippen LogP contribution in [0.2, 0.25) is 5.15 Å². The normalized spacial score (nSPS) is 15.8. The standard InChI is InChI=1S/C18H21ClN4O2.HI/c1-20-18(21-9-8-13-6-7-17(19)22-10-13)23-11-14-12-24-15-4-2-3-5-16(15)25-14;/h2-7,10,14H,8-9,11-12H2,1H3,(H2,20,21,23);1H. The molecule has 1 aliphatic heterocycles. The lowest BCUT2D eigenvalue weighted by Gasteiger charge is -2.27. The van der Waals surface area contributed by atoms with E-state index in [-0.39, 0.29) is 30.1 Å². The fraction of sp³-hybridized carbons (Fsp3) is 0.333. The summed E-state index contributed by atoms with van der Waals surface area (Å²) in [5, 5.41) is 7.04. The highest BCUT2D eigenvalue weighted by Crippen LogP contribution is 2.30. The van der Waals surface area contributed by atoms with Crippen LogP contribution in [0.4, 0.5) is 0 Å². The van der Waals surface area contributed by atoms with E-state index in [1.807, 2.05) is 30.3 Å². The molecule has 0 fully saturated rings. The minimum absolute atomic E-state index is 0. The van der Waals surface area contributed by atoms with Crippen LogP contribution in [0.15, 0.2) is 47.6 Å². The number of halogens is 2. The number of ether oxygens (including phenoxy) is 2. The van der Waals surface area contributed by atoms with Gasteiger partial charge in [-0.3, -0.25) is 4.99 Å². The van der Waals surface area contributed by atoms with Gasteiger partial charge in [0.15, 0.2) is 17.5 Å². The molecule has 0 radical (unpaired) electrons. The zero-order valence-corrected chi connectivity index (χ0v) is 17.5. The number of guanidine groups is 1. The van der Waals surface area contributed by atoms with Crippen molar-refractivity contribution in [2.75, 3.05) is 26.7 Å². The average Bonchev–Trinajstić information content (AvgIpc) is 2.66. The molecule has 0 saturated heterocycles. The van der Waals surface area contributed by atoms with Gasteiger partial charge >= 0.3 is 0 Å². The first-order chi connectivity index (χ1) is 12.2. The number of hydrogen-bond acceptors (Lipinski definition) is 4. The van der Waals surface area contributed by atoms with Crippen LogP contribution in [0.25, 0.3) is 0 Å². The SMILES string of the molecule is CN=C(NCCc1ccc(Cl)nc1)NCC1COc2ccccc2O1.I. The van der Waals surface area contributed by atoms with Gasteiger partial charge in [-0.05, 0) is 30.2 Å². The summed E-state index contributed by atoms with van der Waals surface area (Å²) in [6.07, 6.45) is 2.56. The summed E-state index contributed by atoms with van der Waals surface area (Å²) in [4.78, 5) is 8.30. The number of nitrogens with zero attached hydrogens (tertiary/aromatic N) is 2. The Labute approximate surface area is 175 Å². The molecule has 1 unspecified atom stereocenters. The first-order valence-corrected chi connectivity index (χ1v) is 8.56. The van der Waals surface area contributed by atoms with Crippen molar-refractivity contribution in [2.24, 2.45) is 4.99 Å². The molecule has 0 saturated carbocycles. The molecule has 0 spiro atoms. The van der Waals surface area contributed by atoms with Crippen LogP contribution < -0.4 is 20.1 Å². The van der Waals surface area contributed by atoms with Crippen LogP contribution >= 0.6 is 35.6 Å². The Bertz CT molecular complexity index is 727. The first-order valence-electron chi connectivity index (χ1n) is 8.18. The van der Waals surface area contributed by atoms with E-state index in [0.717, 1.165) is 36.0 Å². The molecular formula is C18H22ClIN4O2. The molecule has 1 atom stereocenters. The maximum atomic E-state index is 5.92. The Hall–Kier alpha value is -1.74. The molecule has 140 valence electrons. The van der Waals surface area contributed by atoms with E-state index in [1.54, 1.807) is 19.3 Å². The number of hydrogen-bond donors (Lipinski definition) is 2. The monoisotopic (exact) mass is 488 g/mol. The van der Waals surface area contributed by atoms with Gasteiger partial charge in [-0.2, -0.15) is 0 Å².